The molecule has 3 amide bonds. The van der Waals surface area contributed by atoms with Gasteiger partial charge in [0.1, 0.15) is 12.4 Å². The molecule has 0 bridgehead atoms. The molecular formula is C17H23N3O5. The van der Waals surface area contributed by atoms with Gasteiger partial charge in [-0.2, -0.15) is 0 Å². The number of amides is 3. The Hall–Kier alpha value is -2.32. The average Bonchev–Trinajstić information content (AvgIpc) is 2.77. The molecule has 8 nitrogen and oxygen atoms in total. The van der Waals surface area contributed by atoms with Crippen molar-refractivity contribution in [1.82, 2.24) is 15.3 Å². The largest absolute Gasteiger partial charge is 0.491 e. The normalized spacial score (nSPS) is 23.3. The summed E-state index contributed by atoms with van der Waals surface area (Å²) in [6, 6.07) is 4.62. The third kappa shape index (κ3) is 3.40. The molecule has 0 aromatic heterocycles. The molecule has 1 saturated heterocycles. The molecule has 0 spiro atoms. The van der Waals surface area contributed by atoms with E-state index in [0.717, 1.165) is 5.56 Å². The molecule has 2 heterocycles. The summed E-state index contributed by atoms with van der Waals surface area (Å²) < 4.78 is 11.2. The first-order chi connectivity index (χ1) is 12.0. The topological polar surface area (TPSA) is 91.3 Å². The van der Waals surface area contributed by atoms with Crippen LogP contribution in [0.2, 0.25) is 0 Å². The van der Waals surface area contributed by atoms with Crippen molar-refractivity contribution in [2.45, 2.75) is 25.9 Å². The van der Waals surface area contributed by atoms with Gasteiger partial charge in [0.2, 0.25) is 0 Å². The molecule has 2 N–H and O–H groups in total. The highest BCUT2D eigenvalue weighted by atomic mass is 16.5. The minimum Gasteiger partial charge on any atom is -0.491 e. The minimum absolute atomic E-state index is 0.0306. The highest BCUT2D eigenvalue weighted by Gasteiger charge is 2.35. The third-order valence-corrected chi connectivity index (χ3v) is 4.70. The summed E-state index contributed by atoms with van der Waals surface area (Å²) in [4.78, 5) is 28.2. The van der Waals surface area contributed by atoms with Crippen LogP contribution in [0.4, 0.5) is 4.79 Å². The molecule has 0 radical (unpaired) electrons. The maximum Gasteiger partial charge on any atom is 0.321 e. The highest BCUT2D eigenvalue weighted by Crippen LogP contribution is 2.35. The van der Waals surface area contributed by atoms with E-state index >= 15 is 0 Å². The Balaban J connectivity index is 1.89. The van der Waals surface area contributed by atoms with Crippen LogP contribution >= 0.6 is 0 Å². The van der Waals surface area contributed by atoms with Crippen LogP contribution in [-0.2, 0) is 4.74 Å². The van der Waals surface area contributed by atoms with Gasteiger partial charge in [-0.1, -0.05) is 6.07 Å². The quantitative estimate of drug-likeness (QED) is 0.591. The van der Waals surface area contributed by atoms with Gasteiger partial charge >= 0.3 is 6.03 Å². The molecule has 2 atom stereocenters. The molecule has 8 heteroatoms. The number of ether oxygens (including phenoxy) is 2. The maximum atomic E-state index is 13.0. The summed E-state index contributed by atoms with van der Waals surface area (Å²) in [5, 5.41) is 8.79. The van der Waals surface area contributed by atoms with E-state index in [2.05, 4.69) is 0 Å². The molecular weight excluding hydrogens is 326 g/mol. The standard InChI is InChI=1S/C17H23N3O5/c1-11-10-25-15-9-13(16(21)18-23)3-4-14(15)12(2)20(11)17(22)19-5-7-24-8-6-19/h3-4,9,11-12,23H,5-8,10H2,1-2H3,(H,18,21). The molecule has 0 saturated carbocycles. The van der Waals surface area contributed by atoms with Crippen molar-refractivity contribution >= 4 is 11.9 Å². The second-order valence-corrected chi connectivity index (χ2v) is 6.32. The number of morpholine rings is 1. The molecule has 1 aromatic carbocycles. The second kappa shape index (κ2) is 7.28. The van der Waals surface area contributed by atoms with Gasteiger partial charge in [0, 0.05) is 24.2 Å². The van der Waals surface area contributed by atoms with E-state index < -0.39 is 5.91 Å². The number of urea groups is 1. The number of hydrogen-bond acceptors (Lipinski definition) is 5. The van der Waals surface area contributed by atoms with Gasteiger partial charge in [-0.05, 0) is 26.0 Å². The Labute approximate surface area is 146 Å². The van der Waals surface area contributed by atoms with Crippen LogP contribution in [0.3, 0.4) is 0 Å². The Morgan fingerprint density at radius 3 is 2.64 bits per heavy atom. The second-order valence-electron chi connectivity index (χ2n) is 6.32. The van der Waals surface area contributed by atoms with Crippen molar-refractivity contribution in [3.8, 4) is 5.75 Å². The summed E-state index contributed by atoms with van der Waals surface area (Å²) in [5.74, 6) is -0.0460. The van der Waals surface area contributed by atoms with Gasteiger partial charge in [-0.15, -0.1) is 0 Å². The van der Waals surface area contributed by atoms with E-state index in [-0.39, 0.29) is 18.1 Å². The van der Waals surface area contributed by atoms with Gasteiger partial charge in [-0.25, -0.2) is 10.3 Å². The molecule has 2 unspecified atom stereocenters. The van der Waals surface area contributed by atoms with Crippen LogP contribution in [0.5, 0.6) is 5.75 Å². The van der Waals surface area contributed by atoms with Crippen molar-refractivity contribution in [3.05, 3.63) is 29.3 Å². The molecule has 2 aliphatic rings. The SMILES string of the molecule is CC1COc2cc(C(=O)NO)ccc2C(C)N1C(=O)N1CCOCC1. The van der Waals surface area contributed by atoms with E-state index in [1.807, 2.05) is 18.7 Å². The number of hydrogen-bond donors (Lipinski definition) is 2. The van der Waals surface area contributed by atoms with Crippen LogP contribution in [0.25, 0.3) is 0 Å². The number of nitrogens with one attached hydrogen (secondary N) is 1. The lowest BCUT2D eigenvalue weighted by molar-refractivity contribution is 0.0334. The Kier molecular flexibility index (Phi) is 5.10. The smallest absolute Gasteiger partial charge is 0.321 e. The fourth-order valence-electron chi connectivity index (χ4n) is 3.30. The van der Waals surface area contributed by atoms with Gasteiger partial charge < -0.3 is 19.3 Å². The molecule has 2 aliphatic heterocycles. The number of hydroxylamine groups is 1. The number of fused-ring (bicyclic) bond motifs is 1. The molecule has 25 heavy (non-hydrogen) atoms. The van der Waals surface area contributed by atoms with Crippen molar-refractivity contribution in [1.29, 1.82) is 0 Å². The van der Waals surface area contributed by atoms with E-state index in [0.29, 0.717) is 44.2 Å². The van der Waals surface area contributed by atoms with E-state index in [9.17, 15) is 9.59 Å². The summed E-state index contributed by atoms with van der Waals surface area (Å²) in [6.07, 6.45) is 0. The molecule has 1 aromatic rings. The zero-order valence-corrected chi connectivity index (χ0v) is 14.4. The number of nitrogens with zero attached hydrogens (tertiary/aromatic N) is 2. The monoisotopic (exact) mass is 349 g/mol. The van der Waals surface area contributed by atoms with Gasteiger partial charge in [0.25, 0.3) is 5.91 Å². The van der Waals surface area contributed by atoms with Gasteiger partial charge in [-0.3, -0.25) is 10.0 Å². The molecule has 0 aliphatic carbocycles. The minimum atomic E-state index is -0.599. The Bertz CT molecular complexity index is 660. The molecule has 3 rings (SSSR count). The number of carbonyl (C=O) groups excluding carboxylic acids is 2. The van der Waals surface area contributed by atoms with Crippen molar-refractivity contribution in [2.24, 2.45) is 0 Å². The van der Waals surface area contributed by atoms with Crippen LogP contribution < -0.4 is 10.2 Å². The fraction of sp³-hybridized carbons (Fsp3) is 0.529. The zero-order valence-electron chi connectivity index (χ0n) is 14.4. The molecule has 136 valence electrons. The van der Waals surface area contributed by atoms with E-state index in [1.165, 1.54) is 0 Å². The van der Waals surface area contributed by atoms with Crippen LogP contribution in [0.1, 0.15) is 35.8 Å². The van der Waals surface area contributed by atoms with E-state index in [4.69, 9.17) is 14.7 Å². The highest BCUT2D eigenvalue weighted by molar-refractivity contribution is 5.93. The predicted octanol–water partition coefficient (Wildman–Crippen LogP) is 1.40. The Morgan fingerprint density at radius 1 is 1.24 bits per heavy atom. The molecule has 1 fully saturated rings. The van der Waals surface area contributed by atoms with Crippen LogP contribution in [0.15, 0.2) is 18.2 Å². The van der Waals surface area contributed by atoms with Gasteiger partial charge in [0.05, 0.1) is 25.3 Å². The van der Waals surface area contributed by atoms with Crippen molar-refractivity contribution < 1.29 is 24.3 Å². The van der Waals surface area contributed by atoms with E-state index in [1.54, 1.807) is 28.6 Å². The van der Waals surface area contributed by atoms with Crippen molar-refractivity contribution in [3.63, 3.8) is 0 Å². The lowest BCUT2D eigenvalue weighted by Crippen LogP contribution is -2.52. The number of rotatable bonds is 1. The summed E-state index contributed by atoms with van der Waals surface area (Å²) >= 11 is 0. The lowest BCUT2D eigenvalue weighted by atomic mass is 10.0. The predicted molar refractivity (Wildman–Crippen MR) is 88.7 cm³/mol. The zero-order chi connectivity index (χ0) is 18.0. The number of carbonyl (C=O) groups is 2. The maximum absolute atomic E-state index is 13.0. The first kappa shape index (κ1) is 17.5. The first-order valence-electron chi connectivity index (χ1n) is 8.39. The third-order valence-electron chi connectivity index (χ3n) is 4.70. The average molecular weight is 349 g/mol. The fourth-order valence-corrected chi connectivity index (χ4v) is 3.30. The first-order valence-corrected chi connectivity index (χ1v) is 8.39. The lowest BCUT2D eigenvalue weighted by Gasteiger charge is -2.38. The van der Waals surface area contributed by atoms with Crippen LogP contribution in [0, 0.1) is 0 Å². The summed E-state index contributed by atoms with van der Waals surface area (Å²) in [7, 11) is 0. The Morgan fingerprint density at radius 2 is 1.96 bits per heavy atom. The van der Waals surface area contributed by atoms with Crippen molar-refractivity contribution in [2.75, 3.05) is 32.9 Å². The summed E-state index contributed by atoms with van der Waals surface area (Å²) in [5.41, 5.74) is 2.75. The summed E-state index contributed by atoms with van der Waals surface area (Å²) in [6.45, 7) is 6.49. The van der Waals surface area contributed by atoms with Crippen LogP contribution in [-0.4, -0.2) is 65.9 Å². The van der Waals surface area contributed by atoms with Gasteiger partial charge in [0.15, 0.2) is 0 Å². The number of benzene rings is 1.